The van der Waals surface area contributed by atoms with Crippen LogP contribution in [0, 0.1) is 5.41 Å². The Morgan fingerprint density at radius 1 is 1.19 bits per heavy atom. The summed E-state index contributed by atoms with van der Waals surface area (Å²) in [7, 11) is 0. The Hall–Kier alpha value is -2.88. The van der Waals surface area contributed by atoms with Crippen molar-refractivity contribution in [2.24, 2.45) is 5.41 Å². The Labute approximate surface area is 215 Å². The molecule has 0 amide bonds. The summed E-state index contributed by atoms with van der Waals surface area (Å²) < 4.78 is 6.66. The van der Waals surface area contributed by atoms with E-state index in [4.69, 9.17) is 19.7 Å². The number of thiophene rings is 1. The van der Waals surface area contributed by atoms with Crippen LogP contribution in [0.3, 0.4) is 0 Å². The fraction of sp³-hybridized carbons (Fsp3) is 0.481. The second-order valence-corrected chi connectivity index (χ2v) is 11.5. The Morgan fingerprint density at radius 3 is 2.83 bits per heavy atom. The molecule has 36 heavy (non-hydrogen) atoms. The van der Waals surface area contributed by atoms with Gasteiger partial charge in [-0.05, 0) is 47.4 Å². The minimum absolute atomic E-state index is 0.0413. The van der Waals surface area contributed by atoms with E-state index in [2.05, 4.69) is 34.7 Å². The highest BCUT2D eigenvalue weighted by atomic mass is 32.1. The lowest BCUT2D eigenvalue weighted by molar-refractivity contribution is 0.122. The highest BCUT2D eigenvalue weighted by Crippen LogP contribution is 2.46. The van der Waals surface area contributed by atoms with Gasteiger partial charge in [0.2, 0.25) is 0 Å². The van der Waals surface area contributed by atoms with Gasteiger partial charge >= 0.3 is 0 Å². The maximum atomic E-state index is 9.86. The van der Waals surface area contributed by atoms with Gasteiger partial charge in [0.1, 0.15) is 17.0 Å². The number of nitrogens with zero attached hydrogens (tertiary/aromatic N) is 6. The molecular formula is C27H32N6O2S. The van der Waals surface area contributed by atoms with Crippen LogP contribution in [-0.4, -0.2) is 64.5 Å². The van der Waals surface area contributed by atoms with E-state index in [9.17, 15) is 5.11 Å². The molecule has 4 aromatic rings. The van der Waals surface area contributed by atoms with Crippen molar-refractivity contribution >= 4 is 43.4 Å². The van der Waals surface area contributed by atoms with E-state index in [1.54, 1.807) is 23.9 Å². The molecule has 6 rings (SSSR count). The van der Waals surface area contributed by atoms with E-state index in [-0.39, 0.29) is 12.0 Å². The minimum atomic E-state index is 0.0413. The number of anilines is 2. The van der Waals surface area contributed by atoms with E-state index in [0.717, 1.165) is 77.8 Å². The van der Waals surface area contributed by atoms with Gasteiger partial charge in [0.25, 0.3) is 0 Å². The van der Waals surface area contributed by atoms with Crippen LogP contribution >= 0.6 is 11.3 Å². The van der Waals surface area contributed by atoms with Crippen LogP contribution in [0.2, 0.25) is 0 Å². The average molecular weight is 505 g/mol. The van der Waals surface area contributed by atoms with Crippen molar-refractivity contribution in [1.82, 2.24) is 19.9 Å². The van der Waals surface area contributed by atoms with E-state index in [1.165, 1.54) is 16.5 Å². The van der Waals surface area contributed by atoms with E-state index < -0.39 is 0 Å². The van der Waals surface area contributed by atoms with Crippen LogP contribution in [0.4, 0.5) is 11.6 Å². The van der Waals surface area contributed by atoms with Gasteiger partial charge in [0, 0.05) is 44.0 Å². The molecule has 0 atom stereocenters. The van der Waals surface area contributed by atoms with Crippen LogP contribution in [0.25, 0.3) is 20.4 Å². The molecule has 1 N–H and O–H groups in total. The highest BCUT2D eigenvalue weighted by molar-refractivity contribution is 7.26. The number of aliphatic hydroxyl groups excluding tert-OH is 1. The third-order valence-electron chi connectivity index (χ3n) is 7.36. The first-order chi connectivity index (χ1) is 17.5. The maximum absolute atomic E-state index is 9.86. The van der Waals surface area contributed by atoms with E-state index >= 15 is 0 Å². The largest absolute Gasteiger partial charge is 0.395 e. The zero-order chi connectivity index (χ0) is 24.7. The highest BCUT2D eigenvalue weighted by Gasteiger charge is 2.33. The van der Waals surface area contributed by atoms with Crippen LogP contribution in [-0.2, 0) is 24.1 Å². The molecule has 4 aromatic heterocycles. The number of pyridine rings is 2. The van der Waals surface area contributed by atoms with Gasteiger partial charge in [0.15, 0.2) is 5.82 Å². The molecule has 5 heterocycles. The fourth-order valence-corrected chi connectivity index (χ4v) is 6.70. The number of fused-ring (bicyclic) bond motifs is 5. The summed E-state index contributed by atoms with van der Waals surface area (Å²) in [5.74, 6) is 1.97. The van der Waals surface area contributed by atoms with Gasteiger partial charge in [-0.2, -0.15) is 0 Å². The number of rotatable bonds is 6. The molecule has 0 aromatic carbocycles. The zero-order valence-electron chi connectivity index (χ0n) is 20.9. The molecule has 0 spiro atoms. The van der Waals surface area contributed by atoms with Crippen molar-refractivity contribution in [1.29, 1.82) is 0 Å². The lowest BCUT2D eigenvalue weighted by Crippen LogP contribution is -2.38. The molecule has 2 aliphatic rings. The van der Waals surface area contributed by atoms with Crippen molar-refractivity contribution in [2.75, 3.05) is 49.3 Å². The Morgan fingerprint density at radius 2 is 2.06 bits per heavy atom. The van der Waals surface area contributed by atoms with Gasteiger partial charge in [-0.15, -0.1) is 11.3 Å². The van der Waals surface area contributed by atoms with Gasteiger partial charge in [0.05, 0.1) is 30.0 Å². The number of hydrogen-bond donors (Lipinski definition) is 1. The van der Waals surface area contributed by atoms with Crippen LogP contribution in [0.15, 0.2) is 30.9 Å². The zero-order valence-corrected chi connectivity index (χ0v) is 21.7. The number of aromatic nitrogens is 4. The lowest BCUT2D eigenvalue weighted by Gasteiger charge is -2.36. The van der Waals surface area contributed by atoms with E-state index in [1.807, 2.05) is 12.3 Å². The monoisotopic (exact) mass is 504 g/mol. The summed E-state index contributed by atoms with van der Waals surface area (Å²) in [5.41, 5.74) is 5.06. The van der Waals surface area contributed by atoms with Crippen LogP contribution < -0.4 is 9.80 Å². The molecule has 0 bridgehead atoms. The standard InChI is InChI=1S/C27H32N6O2S/c1-27(2)6-5-19-20(14-27)21-22-23(36-26(21)31-24(19)32-9-12-35-13-10-32)25(30-17-29-22)33(8-11-34)16-18-4-3-7-28-15-18/h3-4,7,15,17,34H,5-6,8-14,16H2,1-2H3. The summed E-state index contributed by atoms with van der Waals surface area (Å²) in [4.78, 5) is 24.6. The molecule has 1 aliphatic heterocycles. The summed E-state index contributed by atoms with van der Waals surface area (Å²) in [6.07, 6.45) is 8.50. The minimum Gasteiger partial charge on any atom is -0.395 e. The second-order valence-electron chi connectivity index (χ2n) is 10.5. The Bertz CT molecular complexity index is 1380. The summed E-state index contributed by atoms with van der Waals surface area (Å²) in [5, 5.41) is 11.0. The van der Waals surface area contributed by atoms with Crippen molar-refractivity contribution in [2.45, 2.75) is 39.7 Å². The molecule has 8 nitrogen and oxygen atoms in total. The number of hydrogen-bond acceptors (Lipinski definition) is 9. The first kappa shape index (κ1) is 23.5. The Kier molecular flexibility index (Phi) is 6.23. The van der Waals surface area contributed by atoms with Crippen molar-refractivity contribution in [3.8, 4) is 0 Å². The maximum Gasteiger partial charge on any atom is 0.150 e. The molecule has 1 fully saturated rings. The molecule has 188 valence electrons. The SMILES string of the molecule is CC1(C)CCc2c(N3CCOCC3)nc3sc4c(N(CCO)Cc5cccnc5)ncnc4c3c2C1. The van der Waals surface area contributed by atoms with E-state index in [0.29, 0.717) is 13.1 Å². The summed E-state index contributed by atoms with van der Waals surface area (Å²) in [6, 6.07) is 3.99. The summed E-state index contributed by atoms with van der Waals surface area (Å²) in [6.45, 7) is 9.10. The molecule has 1 saturated heterocycles. The topological polar surface area (TPSA) is 87.5 Å². The smallest absolute Gasteiger partial charge is 0.150 e. The van der Waals surface area contributed by atoms with Crippen molar-refractivity contribution in [3.05, 3.63) is 47.5 Å². The van der Waals surface area contributed by atoms with Crippen LogP contribution in [0.1, 0.15) is 37.0 Å². The predicted octanol–water partition coefficient (Wildman–Crippen LogP) is 3.98. The first-order valence-corrected chi connectivity index (χ1v) is 13.5. The van der Waals surface area contributed by atoms with Gasteiger partial charge in [-0.25, -0.2) is 15.0 Å². The third-order valence-corrected chi connectivity index (χ3v) is 8.43. The quantitative estimate of drug-likeness (QED) is 0.422. The van der Waals surface area contributed by atoms with Crippen LogP contribution in [0.5, 0.6) is 0 Å². The van der Waals surface area contributed by atoms with Gasteiger partial charge < -0.3 is 19.6 Å². The normalized spacial score (nSPS) is 17.5. The molecular weight excluding hydrogens is 472 g/mol. The van der Waals surface area contributed by atoms with Crippen molar-refractivity contribution in [3.63, 3.8) is 0 Å². The van der Waals surface area contributed by atoms with Gasteiger partial charge in [-0.3, -0.25) is 4.98 Å². The number of morpholine rings is 1. The average Bonchev–Trinajstić information content (AvgIpc) is 3.27. The number of ether oxygens (including phenoxy) is 1. The Balaban J connectivity index is 1.53. The fourth-order valence-electron chi connectivity index (χ4n) is 5.53. The molecule has 0 unspecified atom stereocenters. The lowest BCUT2D eigenvalue weighted by atomic mass is 9.73. The number of aliphatic hydroxyl groups is 1. The van der Waals surface area contributed by atoms with Crippen molar-refractivity contribution < 1.29 is 9.84 Å². The van der Waals surface area contributed by atoms with Gasteiger partial charge in [-0.1, -0.05) is 19.9 Å². The molecule has 0 radical (unpaired) electrons. The summed E-state index contributed by atoms with van der Waals surface area (Å²) >= 11 is 1.67. The predicted molar refractivity (Wildman–Crippen MR) is 144 cm³/mol. The first-order valence-electron chi connectivity index (χ1n) is 12.7. The second kappa shape index (κ2) is 9.53. The molecule has 1 aliphatic carbocycles. The molecule has 0 saturated carbocycles. The molecule has 9 heteroatoms. The third kappa shape index (κ3) is 4.29.